The Hall–Kier alpha value is -3.76. The standard InChI is InChI=1S/C29H34FN5O4/c1-37-29(36)22-4-7-26-27(16-22)35(17-24-11-15-38-24)28(33-26)18-34-13-9-21(10-14-34)25(31)8-12-32-39-19-20-2-5-23(30)6-3-20/h2-8,12,16,21,24H,9-11,13-15,17-19,31H2,1H3/b25-8-,32-12+/t24-/m0/s1. The molecule has 2 aromatic carbocycles. The summed E-state index contributed by atoms with van der Waals surface area (Å²) in [6.45, 7) is 4.27. The van der Waals surface area contributed by atoms with E-state index >= 15 is 0 Å². The van der Waals surface area contributed by atoms with E-state index in [0.717, 1.165) is 67.1 Å². The maximum absolute atomic E-state index is 13.0. The second-order valence-electron chi connectivity index (χ2n) is 9.99. The van der Waals surface area contributed by atoms with Crippen LogP contribution in [0.5, 0.6) is 0 Å². The minimum atomic E-state index is -0.358. The summed E-state index contributed by atoms with van der Waals surface area (Å²) in [5, 5.41) is 3.95. The number of aromatic nitrogens is 2. The minimum absolute atomic E-state index is 0.167. The summed E-state index contributed by atoms with van der Waals surface area (Å²) in [5.41, 5.74) is 10.3. The fourth-order valence-electron chi connectivity index (χ4n) is 4.99. The van der Waals surface area contributed by atoms with Crippen LogP contribution in [0.1, 0.15) is 41.0 Å². The highest BCUT2D eigenvalue weighted by Crippen LogP contribution is 2.26. The Kier molecular flexibility index (Phi) is 8.53. The molecule has 3 heterocycles. The Labute approximate surface area is 227 Å². The molecular weight excluding hydrogens is 501 g/mol. The molecule has 2 N–H and O–H groups in total. The number of methoxy groups -OCH3 is 1. The van der Waals surface area contributed by atoms with Crippen LogP contribution in [-0.4, -0.2) is 59.5 Å². The highest BCUT2D eigenvalue weighted by molar-refractivity contribution is 5.93. The summed E-state index contributed by atoms with van der Waals surface area (Å²) < 4.78 is 25.8. The smallest absolute Gasteiger partial charge is 0.337 e. The van der Waals surface area contributed by atoms with Crippen molar-refractivity contribution in [2.45, 2.75) is 45.1 Å². The average Bonchev–Trinajstić information content (AvgIpc) is 3.27. The second-order valence-corrected chi connectivity index (χ2v) is 9.99. The van der Waals surface area contributed by atoms with Crippen LogP contribution in [0, 0.1) is 11.7 Å². The Bertz CT molecular complexity index is 1340. The number of hydrogen-bond donors (Lipinski definition) is 1. The van der Waals surface area contributed by atoms with Crippen molar-refractivity contribution >= 4 is 23.2 Å². The molecule has 0 saturated carbocycles. The van der Waals surface area contributed by atoms with Gasteiger partial charge in [0.05, 0.1) is 49.1 Å². The van der Waals surface area contributed by atoms with E-state index in [1.54, 1.807) is 30.5 Å². The van der Waals surface area contributed by atoms with Crippen LogP contribution in [0.2, 0.25) is 0 Å². The summed E-state index contributed by atoms with van der Waals surface area (Å²) in [4.78, 5) is 24.7. The minimum Gasteiger partial charge on any atom is -0.465 e. The molecule has 0 radical (unpaired) electrons. The number of imidazole rings is 1. The van der Waals surface area contributed by atoms with E-state index in [0.29, 0.717) is 18.7 Å². The van der Waals surface area contributed by atoms with Crippen molar-refractivity contribution in [3.8, 4) is 0 Å². The number of carbonyl (C=O) groups excluding carboxylic acids is 1. The number of rotatable bonds is 10. The molecule has 9 nitrogen and oxygen atoms in total. The van der Waals surface area contributed by atoms with Gasteiger partial charge in [-0.2, -0.15) is 0 Å². The van der Waals surface area contributed by atoms with E-state index in [2.05, 4.69) is 14.6 Å². The molecule has 0 spiro atoms. The van der Waals surface area contributed by atoms with E-state index < -0.39 is 0 Å². The number of benzene rings is 2. The number of allylic oxidation sites excluding steroid dienone is 2. The third kappa shape index (κ3) is 6.63. The first-order valence-electron chi connectivity index (χ1n) is 13.3. The van der Waals surface area contributed by atoms with Crippen molar-refractivity contribution in [3.63, 3.8) is 0 Å². The highest BCUT2D eigenvalue weighted by Gasteiger charge is 2.25. The predicted molar refractivity (Wildman–Crippen MR) is 145 cm³/mol. The number of esters is 1. The van der Waals surface area contributed by atoms with Crippen molar-refractivity contribution in [3.05, 3.63) is 77.0 Å². The van der Waals surface area contributed by atoms with E-state index in [4.69, 9.17) is 25.0 Å². The molecule has 1 atom stereocenters. The average molecular weight is 536 g/mol. The molecule has 0 bridgehead atoms. The van der Waals surface area contributed by atoms with Crippen LogP contribution in [-0.2, 0) is 34.0 Å². The van der Waals surface area contributed by atoms with Gasteiger partial charge in [-0.1, -0.05) is 17.3 Å². The van der Waals surface area contributed by atoms with Crippen LogP contribution < -0.4 is 5.73 Å². The van der Waals surface area contributed by atoms with Crippen molar-refractivity contribution in [2.75, 3.05) is 26.8 Å². The number of piperidine rings is 1. The maximum Gasteiger partial charge on any atom is 0.337 e. The number of oxime groups is 1. The second kappa shape index (κ2) is 12.4. The van der Waals surface area contributed by atoms with Gasteiger partial charge in [-0.25, -0.2) is 14.2 Å². The Balaban J connectivity index is 1.17. The van der Waals surface area contributed by atoms with Crippen LogP contribution in [0.3, 0.4) is 0 Å². The topological polar surface area (TPSA) is 104 Å². The predicted octanol–water partition coefficient (Wildman–Crippen LogP) is 4.01. The number of nitrogens with two attached hydrogens (primary N) is 1. The Morgan fingerprint density at radius 2 is 1.97 bits per heavy atom. The number of halogens is 1. The zero-order valence-corrected chi connectivity index (χ0v) is 22.1. The summed E-state index contributed by atoms with van der Waals surface area (Å²) in [7, 11) is 1.39. The summed E-state index contributed by atoms with van der Waals surface area (Å²) in [6.07, 6.45) is 6.42. The van der Waals surface area contributed by atoms with Crippen LogP contribution >= 0.6 is 0 Å². The maximum atomic E-state index is 13.0. The third-order valence-corrected chi connectivity index (χ3v) is 7.40. The van der Waals surface area contributed by atoms with Gasteiger partial charge in [0.25, 0.3) is 0 Å². The van der Waals surface area contributed by atoms with Crippen molar-refractivity contribution in [1.29, 1.82) is 0 Å². The molecule has 2 fully saturated rings. The zero-order chi connectivity index (χ0) is 27.2. The fourth-order valence-corrected chi connectivity index (χ4v) is 4.99. The van der Waals surface area contributed by atoms with Crippen LogP contribution in [0.25, 0.3) is 11.0 Å². The molecule has 39 heavy (non-hydrogen) atoms. The lowest BCUT2D eigenvalue weighted by molar-refractivity contribution is -0.0592. The molecule has 5 rings (SSSR count). The van der Waals surface area contributed by atoms with Gasteiger partial charge < -0.3 is 24.6 Å². The first-order chi connectivity index (χ1) is 19.0. The van der Waals surface area contributed by atoms with Crippen molar-refractivity contribution in [1.82, 2.24) is 14.5 Å². The van der Waals surface area contributed by atoms with Gasteiger partial charge in [-0.3, -0.25) is 4.90 Å². The number of nitrogens with zero attached hydrogens (tertiary/aromatic N) is 4. The van der Waals surface area contributed by atoms with Crippen LogP contribution in [0.15, 0.2) is 59.4 Å². The van der Waals surface area contributed by atoms with Crippen molar-refractivity contribution in [2.24, 2.45) is 16.8 Å². The normalized spacial score (nSPS) is 18.9. The van der Waals surface area contributed by atoms with Gasteiger partial charge in [0.1, 0.15) is 18.2 Å². The number of carbonyl (C=O) groups is 1. The van der Waals surface area contributed by atoms with Crippen molar-refractivity contribution < 1.29 is 23.5 Å². The summed E-state index contributed by atoms with van der Waals surface area (Å²) in [6, 6.07) is 11.6. The SMILES string of the molecule is COC(=O)c1ccc2nc(CN3CCC(/C(N)=C/C=N/OCc4ccc(F)cc4)CC3)n(C[C@@H]3CCO3)c2c1. The van der Waals surface area contributed by atoms with Gasteiger partial charge in [-0.15, -0.1) is 0 Å². The molecule has 206 valence electrons. The Morgan fingerprint density at radius 1 is 1.21 bits per heavy atom. The number of likely N-dealkylation sites (tertiary alicyclic amines) is 1. The molecule has 0 aliphatic carbocycles. The molecule has 10 heteroatoms. The van der Waals surface area contributed by atoms with Gasteiger partial charge in [0.2, 0.25) is 0 Å². The lowest BCUT2D eigenvalue weighted by atomic mass is 9.93. The summed E-state index contributed by atoms with van der Waals surface area (Å²) in [5.74, 6) is 0.605. The number of fused-ring (bicyclic) bond motifs is 1. The monoisotopic (exact) mass is 535 g/mol. The van der Waals surface area contributed by atoms with E-state index in [-0.39, 0.29) is 30.4 Å². The lowest BCUT2D eigenvalue weighted by Crippen LogP contribution is -2.36. The van der Waals surface area contributed by atoms with E-state index in [9.17, 15) is 9.18 Å². The van der Waals surface area contributed by atoms with Gasteiger partial charge in [0.15, 0.2) is 0 Å². The molecular formula is C29H34FN5O4. The van der Waals surface area contributed by atoms with Gasteiger partial charge in [0, 0.05) is 18.2 Å². The molecule has 0 unspecified atom stereocenters. The molecule has 1 aromatic heterocycles. The zero-order valence-electron chi connectivity index (χ0n) is 22.1. The summed E-state index contributed by atoms with van der Waals surface area (Å²) >= 11 is 0. The molecule has 3 aromatic rings. The molecule has 0 amide bonds. The highest BCUT2D eigenvalue weighted by atomic mass is 19.1. The fraction of sp³-hybridized carbons (Fsp3) is 0.414. The largest absolute Gasteiger partial charge is 0.465 e. The Morgan fingerprint density at radius 3 is 2.67 bits per heavy atom. The van der Waals surface area contributed by atoms with E-state index in [1.165, 1.54) is 19.2 Å². The number of hydrogen-bond acceptors (Lipinski definition) is 8. The molecule has 2 aliphatic heterocycles. The first kappa shape index (κ1) is 26.8. The van der Waals surface area contributed by atoms with Gasteiger partial charge in [-0.05, 0) is 74.3 Å². The quantitative estimate of drug-likeness (QED) is 0.238. The van der Waals surface area contributed by atoms with E-state index in [1.807, 2.05) is 12.1 Å². The first-order valence-corrected chi connectivity index (χ1v) is 13.3. The number of ether oxygens (including phenoxy) is 2. The van der Waals surface area contributed by atoms with Crippen LogP contribution in [0.4, 0.5) is 4.39 Å². The molecule has 2 aliphatic rings. The lowest BCUT2D eigenvalue weighted by Gasteiger charge is -2.32. The molecule has 2 saturated heterocycles. The third-order valence-electron chi connectivity index (χ3n) is 7.40. The van der Waals surface area contributed by atoms with Gasteiger partial charge >= 0.3 is 5.97 Å².